The number of sulfonamides is 1. The van der Waals surface area contributed by atoms with Crippen molar-refractivity contribution in [3.8, 4) is 0 Å². The maximum atomic E-state index is 12.5. The summed E-state index contributed by atoms with van der Waals surface area (Å²) in [5, 5.41) is 2.61. The molecule has 0 saturated carbocycles. The molecule has 0 N–H and O–H groups in total. The predicted molar refractivity (Wildman–Crippen MR) is 87.3 cm³/mol. The van der Waals surface area contributed by atoms with Gasteiger partial charge in [0.25, 0.3) is 0 Å². The van der Waals surface area contributed by atoms with Crippen LogP contribution in [0, 0.1) is 0 Å². The van der Waals surface area contributed by atoms with Crippen molar-refractivity contribution in [2.45, 2.75) is 18.1 Å². The van der Waals surface area contributed by atoms with Crippen molar-refractivity contribution < 1.29 is 8.42 Å². The molecule has 1 aromatic heterocycles. The Hall–Kier alpha value is -0.880. The van der Waals surface area contributed by atoms with E-state index in [2.05, 4.69) is 6.07 Å². The molecular weight excluding hydrogens is 326 g/mol. The fraction of sp³-hybridized carbons (Fsp3) is 0.333. The van der Waals surface area contributed by atoms with Gasteiger partial charge in [-0.2, -0.15) is 0 Å². The van der Waals surface area contributed by atoms with Crippen molar-refractivity contribution in [3.63, 3.8) is 0 Å². The lowest BCUT2D eigenvalue weighted by molar-refractivity contribution is 0.472. The molecule has 21 heavy (non-hydrogen) atoms. The maximum Gasteiger partial charge on any atom is 0.218 e. The molecule has 6 heteroatoms. The minimum Gasteiger partial charge on any atom is -0.212 e. The quantitative estimate of drug-likeness (QED) is 0.850. The molecule has 112 valence electrons. The SMILES string of the molecule is O=S(=O)(Cc1cccc(Cl)c1)N1CCC(c2cccs2)C1. The molecule has 1 aliphatic rings. The van der Waals surface area contributed by atoms with Gasteiger partial charge in [-0.1, -0.05) is 29.8 Å². The Kier molecular flexibility index (Phi) is 4.36. The van der Waals surface area contributed by atoms with E-state index in [1.54, 1.807) is 39.9 Å². The van der Waals surface area contributed by atoms with Crippen LogP contribution in [0.5, 0.6) is 0 Å². The number of hydrogen-bond donors (Lipinski definition) is 0. The first kappa shape index (κ1) is 15.0. The van der Waals surface area contributed by atoms with E-state index in [1.807, 2.05) is 11.4 Å². The highest BCUT2D eigenvalue weighted by atomic mass is 35.5. The number of halogens is 1. The highest BCUT2D eigenvalue weighted by Gasteiger charge is 2.32. The van der Waals surface area contributed by atoms with Crippen molar-refractivity contribution in [3.05, 3.63) is 57.2 Å². The van der Waals surface area contributed by atoms with E-state index >= 15 is 0 Å². The summed E-state index contributed by atoms with van der Waals surface area (Å²) in [4.78, 5) is 1.27. The normalized spacial score (nSPS) is 20.0. The molecule has 1 aliphatic heterocycles. The van der Waals surface area contributed by atoms with E-state index in [9.17, 15) is 8.42 Å². The second kappa shape index (κ2) is 6.08. The van der Waals surface area contributed by atoms with E-state index in [1.165, 1.54) is 4.88 Å². The smallest absolute Gasteiger partial charge is 0.212 e. The van der Waals surface area contributed by atoms with Gasteiger partial charge in [0, 0.05) is 28.9 Å². The fourth-order valence-electron chi connectivity index (χ4n) is 2.67. The van der Waals surface area contributed by atoms with E-state index in [0.717, 1.165) is 12.0 Å². The number of nitrogens with zero attached hydrogens (tertiary/aromatic N) is 1. The van der Waals surface area contributed by atoms with E-state index in [4.69, 9.17) is 11.6 Å². The van der Waals surface area contributed by atoms with Gasteiger partial charge in [0.15, 0.2) is 0 Å². The third-order valence-corrected chi connectivity index (χ3v) is 6.81. The Balaban J connectivity index is 1.71. The van der Waals surface area contributed by atoms with Gasteiger partial charge in [0.05, 0.1) is 5.75 Å². The second-order valence-electron chi connectivity index (χ2n) is 5.25. The molecule has 0 spiro atoms. The average Bonchev–Trinajstić information content (AvgIpc) is 3.10. The van der Waals surface area contributed by atoms with Crippen LogP contribution < -0.4 is 0 Å². The van der Waals surface area contributed by atoms with Crippen molar-refractivity contribution in [2.24, 2.45) is 0 Å². The van der Waals surface area contributed by atoms with Crippen LogP contribution in [0.4, 0.5) is 0 Å². The van der Waals surface area contributed by atoms with Crippen LogP contribution in [0.2, 0.25) is 5.02 Å². The number of rotatable bonds is 4. The zero-order chi connectivity index (χ0) is 14.9. The van der Waals surface area contributed by atoms with E-state index < -0.39 is 10.0 Å². The van der Waals surface area contributed by atoms with Crippen LogP contribution in [0.1, 0.15) is 22.8 Å². The molecule has 0 radical (unpaired) electrons. The molecule has 1 atom stereocenters. The van der Waals surface area contributed by atoms with Crippen molar-refractivity contribution in [2.75, 3.05) is 13.1 Å². The van der Waals surface area contributed by atoms with Gasteiger partial charge in [-0.3, -0.25) is 0 Å². The van der Waals surface area contributed by atoms with Gasteiger partial charge >= 0.3 is 0 Å². The summed E-state index contributed by atoms with van der Waals surface area (Å²) in [6.07, 6.45) is 0.898. The summed E-state index contributed by atoms with van der Waals surface area (Å²) in [6, 6.07) is 11.2. The maximum absolute atomic E-state index is 12.5. The molecule has 3 rings (SSSR count). The Bertz CT molecular complexity index is 713. The van der Waals surface area contributed by atoms with Gasteiger partial charge in [-0.15, -0.1) is 11.3 Å². The van der Waals surface area contributed by atoms with Crippen LogP contribution in [0.3, 0.4) is 0 Å². The largest absolute Gasteiger partial charge is 0.218 e. The number of hydrogen-bond acceptors (Lipinski definition) is 3. The third kappa shape index (κ3) is 3.48. The highest BCUT2D eigenvalue weighted by molar-refractivity contribution is 7.88. The zero-order valence-electron chi connectivity index (χ0n) is 11.4. The molecule has 1 saturated heterocycles. The fourth-order valence-corrected chi connectivity index (χ4v) is 5.31. The molecule has 1 aromatic carbocycles. The van der Waals surface area contributed by atoms with Gasteiger partial charge in [-0.05, 0) is 35.6 Å². The Morgan fingerprint density at radius 2 is 2.14 bits per heavy atom. The predicted octanol–water partition coefficient (Wildman–Crippen LogP) is 3.72. The third-order valence-electron chi connectivity index (χ3n) is 3.73. The van der Waals surface area contributed by atoms with Gasteiger partial charge in [-0.25, -0.2) is 12.7 Å². The summed E-state index contributed by atoms with van der Waals surface area (Å²) in [6.45, 7) is 1.19. The summed E-state index contributed by atoms with van der Waals surface area (Å²) >= 11 is 7.62. The molecule has 0 aliphatic carbocycles. The lowest BCUT2D eigenvalue weighted by atomic mass is 10.1. The minimum absolute atomic E-state index is 0.0186. The van der Waals surface area contributed by atoms with Crippen molar-refractivity contribution in [1.29, 1.82) is 0 Å². The second-order valence-corrected chi connectivity index (χ2v) is 8.63. The summed E-state index contributed by atoms with van der Waals surface area (Å²) < 4.78 is 26.6. The van der Waals surface area contributed by atoms with E-state index in [-0.39, 0.29) is 5.75 Å². The van der Waals surface area contributed by atoms with Crippen LogP contribution in [0.25, 0.3) is 0 Å². The molecular formula is C15H16ClNO2S2. The van der Waals surface area contributed by atoms with Gasteiger partial charge < -0.3 is 0 Å². The van der Waals surface area contributed by atoms with Crippen molar-refractivity contribution in [1.82, 2.24) is 4.31 Å². The lowest BCUT2D eigenvalue weighted by Gasteiger charge is -2.16. The molecule has 1 fully saturated rings. The monoisotopic (exact) mass is 341 g/mol. The summed E-state index contributed by atoms with van der Waals surface area (Å²) in [5.41, 5.74) is 0.738. The lowest BCUT2D eigenvalue weighted by Crippen LogP contribution is -2.29. The number of thiophene rings is 1. The molecule has 1 unspecified atom stereocenters. The van der Waals surface area contributed by atoms with Gasteiger partial charge in [0.2, 0.25) is 10.0 Å². The summed E-state index contributed by atoms with van der Waals surface area (Å²) in [5.74, 6) is 0.351. The van der Waals surface area contributed by atoms with Crippen LogP contribution in [0.15, 0.2) is 41.8 Å². The first-order chi connectivity index (χ1) is 10.0. The minimum atomic E-state index is -3.27. The molecule has 2 heterocycles. The molecule has 3 nitrogen and oxygen atoms in total. The Labute approximate surface area is 134 Å². The standard InChI is InChI=1S/C15H16ClNO2S2/c16-14-4-1-3-12(9-14)11-21(18,19)17-7-6-13(10-17)15-5-2-8-20-15/h1-5,8-9,13H,6-7,10-11H2. The zero-order valence-corrected chi connectivity index (χ0v) is 13.8. The number of benzene rings is 1. The average molecular weight is 342 g/mol. The first-order valence-electron chi connectivity index (χ1n) is 6.80. The van der Waals surface area contributed by atoms with Crippen LogP contribution in [-0.2, 0) is 15.8 Å². The molecule has 0 amide bonds. The Morgan fingerprint density at radius 1 is 1.29 bits per heavy atom. The van der Waals surface area contributed by atoms with E-state index in [0.29, 0.717) is 24.0 Å². The van der Waals surface area contributed by atoms with Crippen LogP contribution in [-0.4, -0.2) is 25.8 Å². The Morgan fingerprint density at radius 3 is 2.86 bits per heavy atom. The first-order valence-corrected chi connectivity index (χ1v) is 9.67. The molecule has 0 bridgehead atoms. The van der Waals surface area contributed by atoms with Crippen molar-refractivity contribution >= 4 is 33.0 Å². The highest BCUT2D eigenvalue weighted by Crippen LogP contribution is 2.32. The summed E-state index contributed by atoms with van der Waals surface area (Å²) in [7, 11) is -3.27. The molecule has 2 aromatic rings. The topological polar surface area (TPSA) is 37.4 Å². The van der Waals surface area contributed by atoms with Gasteiger partial charge in [0.1, 0.15) is 0 Å². The van der Waals surface area contributed by atoms with Crippen LogP contribution >= 0.6 is 22.9 Å².